The summed E-state index contributed by atoms with van der Waals surface area (Å²) in [5.74, 6) is -0.362. The third-order valence-electron chi connectivity index (χ3n) is 3.07. The Morgan fingerprint density at radius 1 is 1.12 bits per heavy atom. The first-order valence-electron chi connectivity index (χ1n) is 7.19. The van der Waals surface area contributed by atoms with Gasteiger partial charge >= 0.3 is 0 Å². The minimum atomic E-state index is -0.555. The van der Waals surface area contributed by atoms with Crippen LogP contribution in [0.15, 0.2) is 47.6 Å². The van der Waals surface area contributed by atoms with Crippen molar-refractivity contribution in [3.05, 3.63) is 58.1 Å². The molecule has 0 saturated heterocycles. The fraction of sp³-hybridized carbons (Fsp3) is 0.118. The lowest BCUT2D eigenvalue weighted by Crippen LogP contribution is -2.24. The lowest BCUT2D eigenvalue weighted by Gasteiger charge is -2.07. The molecule has 0 bridgehead atoms. The van der Waals surface area contributed by atoms with Gasteiger partial charge < -0.3 is 10.1 Å². The number of amides is 2. The maximum atomic E-state index is 11.9. The van der Waals surface area contributed by atoms with Crippen molar-refractivity contribution in [1.82, 2.24) is 5.43 Å². The van der Waals surface area contributed by atoms with Gasteiger partial charge in [-0.2, -0.15) is 5.10 Å². The minimum Gasteiger partial charge on any atom is -0.497 e. The average molecular weight is 380 g/mol. The van der Waals surface area contributed by atoms with E-state index in [9.17, 15) is 9.59 Å². The van der Waals surface area contributed by atoms with E-state index in [1.807, 2.05) is 0 Å². The molecule has 0 saturated carbocycles. The summed E-state index contributed by atoms with van der Waals surface area (Å²) in [6, 6.07) is 11.9. The Bertz CT molecular complexity index is 792. The van der Waals surface area contributed by atoms with Crippen LogP contribution < -0.4 is 15.5 Å². The fourth-order valence-corrected chi connectivity index (χ4v) is 2.20. The Morgan fingerprint density at radius 3 is 2.52 bits per heavy atom. The van der Waals surface area contributed by atoms with Crippen molar-refractivity contribution < 1.29 is 14.3 Å². The number of anilines is 1. The van der Waals surface area contributed by atoms with Crippen LogP contribution in [0, 0.1) is 0 Å². The molecule has 0 spiro atoms. The number of halogens is 2. The van der Waals surface area contributed by atoms with Crippen molar-refractivity contribution in [2.45, 2.75) is 6.42 Å². The lowest BCUT2D eigenvalue weighted by atomic mass is 10.2. The molecule has 2 aromatic carbocycles. The second-order valence-electron chi connectivity index (χ2n) is 4.89. The number of benzene rings is 2. The molecule has 0 heterocycles. The predicted molar refractivity (Wildman–Crippen MR) is 98.4 cm³/mol. The molecule has 130 valence electrons. The zero-order valence-corrected chi connectivity index (χ0v) is 14.8. The largest absolute Gasteiger partial charge is 0.497 e. The highest BCUT2D eigenvalue weighted by molar-refractivity contribution is 6.44. The van der Waals surface area contributed by atoms with Gasteiger partial charge in [0.1, 0.15) is 12.2 Å². The smallest absolute Gasteiger partial charge is 0.249 e. The molecule has 0 unspecified atom stereocenters. The molecule has 0 aromatic heterocycles. The summed E-state index contributed by atoms with van der Waals surface area (Å²) in [6.07, 6.45) is 1.06. The standard InChI is InChI=1S/C17H15Cl2N3O3/c1-25-12-7-5-11(6-8-12)10-20-22-16(24)9-15(23)21-14-4-2-3-13(18)17(14)19/h2-8,10H,9H2,1H3,(H,21,23)(H,22,24). The van der Waals surface area contributed by atoms with Gasteiger partial charge in [-0.3, -0.25) is 9.59 Å². The molecular formula is C17H15Cl2N3O3. The number of hydrazone groups is 1. The van der Waals surface area contributed by atoms with Crippen molar-refractivity contribution in [2.24, 2.45) is 5.10 Å². The number of carbonyl (C=O) groups is 2. The summed E-state index contributed by atoms with van der Waals surface area (Å²) in [5.41, 5.74) is 3.40. The Balaban J connectivity index is 1.83. The van der Waals surface area contributed by atoms with Gasteiger partial charge in [-0.05, 0) is 42.0 Å². The van der Waals surface area contributed by atoms with E-state index >= 15 is 0 Å². The van der Waals surface area contributed by atoms with Crippen LogP contribution in [0.3, 0.4) is 0 Å². The van der Waals surface area contributed by atoms with Crippen LogP contribution in [-0.2, 0) is 9.59 Å². The molecule has 2 amide bonds. The van der Waals surface area contributed by atoms with Crippen LogP contribution in [-0.4, -0.2) is 25.1 Å². The zero-order valence-electron chi connectivity index (χ0n) is 13.3. The molecule has 6 nitrogen and oxygen atoms in total. The summed E-state index contributed by atoms with van der Waals surface area (Å²) in [5, 5.41) is 6.85. The molecule has 0 aliphatic rings. The van der Waals surface area contributed by atoms with E-state index in [4.69, 9.17) is 27.9 Å². The number of hydrogen-bond acceptors (Lipinski definition) is 4. The summed E-state index contributed by atoms with van der Waals surface area (Å²) in [4.78, 5) is 23.6. The van der Waals surface area contributed by atoms with Crippen LogP contribution in [0.2, 0.25) is 10.0 Å². The molecule has 2 rings (SSSR count). The normalized spacial score (nSPS) is 10.5. The van der Waals surface area contributed by atoms with E-state index in [-0.39, 0.29) is 5.02 Å². The highest BCUT2D eigenvalue weighted by Gasteiger charge is 2.11. The first-order chi connectivity index (χ1) is 12.0. The van der Waals surface area contributed by atoms with Gasteiger partial charge in [0, 0.05) is 0 Å². The van der Waals surface area contributed by atoms with Crippen molar-refractivity contribution >= 4 is 46.9 Å². The Morgan fingerprint density at radius 2 is 1.84 bits per heavy atom. The van der Waals surface area contributed by atoms with E-state index in [0.29, 0.717) is 10.7 Å². The van der Waals surface area contributed by atoms with E-state index in [1.54, 1.807) is 49.6 Å². The van der Waals surface area contributed by atoms with Gasteiger partial charge in [0.05, 0.1) is 29.1 Å². The summed E-state index contributed by atoms with van der Waals surface area (Å²) < 4.78 is 5.04. The molecule has 0 radical (unpaired) electrons. The van der Waals surface area contributed by atoms with Crippen LogP contribution in [0.1, 0.15) is 12.0 Å². The SMILES string of the molecule is COc1ccc(C=NNC(=O)CC(=O)Nc2cccc(Cl)c2Cl)cc1. The number of ether oxygens (including phenoxy) is 1. The number of methoxy groups -OCH3 is 1. The third kappa shape index (κ3) is 5.77. The highest BCUT2D eigenvalue weighted by Crippen LogP contribution is 2.29. The predicted octanol–water partition coefficient (Wildman–Crippen LogP) is 3.48. The number of nitrogens with zero attached hydrogens (tertiary/aromatic N) is 1. The van der Waals surface area contributed by atoms with Crippen molar-refractivity contribution in [1.29, 1.82) is 0 Å². The highest BCUT2D eigenvalue weighted by atomic mass is 35.5. The van der Waals surface area contributed by atoms with Gasteiger partial charge in [0.15, 0.2) is 0 Å². The van der Waals surface area contributed by atoms with E-state index < -0.39 is 18.2 Å². The van der Waals surface area contributed by atoms with E-state index in [0.717, 1.165) is 11.3 Å². The quantitative estimate of drug-likeness (QED) is 0.458. The Labute approximate surface area is 154 Å². The maximum absolute atomic E-state index is 11.9. The molecule has 0 aliphatic heterocycles. The summed E-state index contributed by atoms with van der Waals surface area (Å²) in [6.45, 7) is 0. The van der Waals surface area contributed by atoms with Gasteiger partial charge in [-0.25, -0.2) is 5.43 Å². The molecule has 0 fully saturated rings. The van der Waals surface area contributed by atoms with E-state index in [2.05, 4.69) is 15.8 Å². The van der Waals surface area contributed by atoms with Gasteiger partial charge in [0.2, 0.25) is 11.8 Å². The van der Waals surface area contributed by atoms with Gasteiger partial charge in [-0.15, -0.1) is 0 Å². The zero-order chi connectivity index (χ0) is 18.2. The molecule has 0 aliphatic carbocycles. The molecule has 2 aromatic rings. The van der Waals surface area contributed by atoms with Gasteiger partial charge in [0.25, 0.3) is 0 Å². The second kappa shape index (κ2) is 9.05. The van der Waals surface area contributed by atoms with Crippen LogP contribution in [0.4, 0.5) is 5.69 Å². The number of carbonyl (C=O) groups excluding carboxylic acids is 2. The topological polar surface area (TPSA) is 79.8 Å². The Hall–Kier alpha value is -2.57. The first kappa shape index (κ1) is 18.8. The number of rotatable bonds is 6. The molecular weight excluding hydrogens is 365 g/mol. The second-order valence-corrected chi connectivity index (χ2v) is 5.68. The fourth-order valence-electron chi connectivity index (χ4n) is 1.85. The number of hydrogen-bond donors (Lipinski definition) is 2. The average Bonchev–Trinajstić information content (AvgIpc) is 2.59. The minimum absolute atomic E-state index is 0.218. The van der Waals surface area contributed by atoms with Crippen LogP contribution in [0.25, 0.3) is 0 Å². The summed E-state index contributed by atoms with van der Waals surface area (Å²) in [7, 11) is 1.57. The van der Waals surface area contributed by atoms with Crippen molar-refractivity contribution in [3.63, 3.8) is 0 Å². The van der Waals surface area contributed by atoms with Gasteiger partial charge in [-0.1, -0.05) is 29.3 Å². The van der Waals surface area contributed by atoms with E-state index in [1.165, 1.54) is 6.21 Å². The Kier molecular flexibility index (Phi) is 6.80. The molecule has 8 heteroatoms. The molecule has 2 N–H and O–H groups in total. The third-order valence-corrected chi connectivity index (χ3v) is 3.88. The maximum Gasteiger partial charge on any atom is 0.249 e. The van der Waals surface area contributed by atoms with Crippen molar-refractivity contribution in [2.75, 3.05) is 12.4 Å². The first-order valence-corrected chi connectivity index (χ1v) is 7.95. The van der Waals surface area contributed by atoms with Crippen molar-refractivity contribution in [3.8, 4) is 5.75 Å². The molecule has 0 atom stereocenters. The summed E-state index contributed by atoms with van der Waals surface area (Å²) >= 11 is 11.8. The monoisotopic (exact) mass is 379 g/mol. The van der Waals surface area contributed by atoms with Crippen LogP contribution >= 0.6 is 23.2 Å². The lowest BCUT2D eigenvalue weighted by molar-refractivity contribution is -0.126. The number of nitrogens with one attached hydrogen (secondary N) is 2. The van der Waals surface area contributed by atoms with Crippen LogP contribution in [0.5, 0.6) is 5.75 Å². The molecule has 25 heavy (non-hydrogen) atoms.